The van der Waals surface area contributed by atoms with Crippen LogP contribution in [-0.4, -0.2) is 35.6 Å². The van der Waals surface area contributed by atoms with Crippen LogP contribution in [0.2, 0.25) is 5.02 Å². The normalized spacial score (nSPS) is 16.4. The largest absolute Gasteiger partial charge is 0.314 e. The van der Waals surface area contributed by atoms with Crippen molar-refractivity contribution in [1.82, 2.24) is 15.2 Å². The molecule has 1 aromatic rings. The summed E-state index contributed by atoms with van der Waals surface area (Å²) in [5, 5.41) is 4.09. The first-order valence-corrected chi connectivity index (χ1v) is 6.22. The van der Waals surface area contributed by atoms with Crippen molar-refractivity contribution >= 4 is 11.6 Å². The number of hydrogen-bond acceptors (Lipinski definition) is 3. The van der Waals surface area contributed by atoms with Crippen molar-refractivity contribution in [3.05, 3.63) is 29.0 Å². The molecule has 1 aliphatic heterocycles. The SMILES string of the molecule is CCCN(Cc1ccncc1Cl)C1CNC1. The molecule has 1 aliphatic rings. The molecule has 0 spiro atoms. The summed E-state index contributed by atoms with van der Waals surface area (Å²) in [4.78, 5) is 6.51. The van der Waals surface area contributed by atoms with Gasteiger partial charge in [0, 0.05) is 38.1 Å². The van der Waals surface area contributed by atoms with Gasteiger partial charge in [0.2, 0.25) is 0 Å². The van der Waals surface area contributed by atoms with Crippen LogP contribution in [0.4, 0.5) is 0 Å². The van der Waals surface area contributed by atoms with Gasteiger partial charge in [-0.25, -0.2) is 0 Å². The predicted octanol–water partition coefficient (Wildman–Crippen LogP) is 1.92. The quantitative estimate of drug-likeness (QED) is 0.851. The highest BCUT2D eigenvalue weighted by molar-refractivity contribution is 6.31. The number of hydrogen-bond donors (Lipinski definition) is 1. The Labute approximate surface area is 102 Å². The predicted molar refractivity (Wildman–Crippen MR) is 66.6 cm³/mol. The van der Waals surface area contributed by atoms with Crippen LogP contribution in [0.5, 0.6) is 0 Å². The van der Waals surface area contributed by atoms with Crippen LogP contribution in [0.25, 0.3) is 0 Å². The van der Waals surface area contributed by atoms with Gasteiger partial charge in [-0.2, -0.15) is 0 Å². The Morgan fingerprint density at radius 2 is 2.38 bits per heavy atom. The van der Waals surface area contributed by atoms with E-state index in [0.717, 1.165) is 31.2 Å². The smallest absolute Gasteiger partial charge is 0.0634 e. The average Bonchev–Trinajstić information content (AvgIpc) is 2.19. The summed E-state index contributed by atoms with van der Waals surface area (Å²) in [6.07, 6.45) is 4.71. The zero-order valence-corrected chi connectivity index (χ0v) is 10.4. The van der Waals surface area contributed by atoms with Crippen molar-refractivity contribution in [3.8, 4) is 0 Å². The van der Waals surface area contributed by atoms with Crippen LogP contribution < -0.4 is 5.32 Å². The monoisotopic (exact) mass is 239 g/mol. The average molecular weight is 240 g/mol. The standard InChI is InChI=1S/C12H18ClN3/c1-2-5-16(11-6-15-7-11)9-10-3-4-14-8-12(10)13/h3-4,8,11,15H,2,5-7,9H2,1H3. The summed E-state index contributed by atoms with van der Waals surface area (Å²) >= 11 is 6.13. The molecule has 0 saturated carbocycles. The fraction of sp³-hybridized carbons (Fsp3) is 0.583. The Morgan fingerprint density at radius 3 is 2.94 bits per heavy atom. The molecule has 88 valence electrons. The first-order valence-electron chi connectivity index (χ1n) is 5.84. The van der Waals surface area contributed by atoms with E-state index in [1.165, 1.54) is 12.0 Å². The molecule has 1 N–H and O–H groups in total. The van der Waals surface area contributed by atoms with Gasteiger partial charge in [0.1, 0.15) is 0 Å². The molecular weight excluding hydrogens is 222 g/mol. The molecule has 0 aromatic carbocycles. The molecule has 1 fully saturated rings. The van der Waals surface area contributed by atoms with E-state index >= 15 is 0 Å². The summed E-state index contributed by atoms with van der Waals surface area (Å²) in [6.45, 7) is 6.48. The zero-order valence-electron chi connectivity index (χ0n) is 9.62. The first kappa shape index (κ1) is 11.8. The molecule has 16 heavy (non-hydrogen) atoms. The Hall–Kier alpha value is -0.640. The molecule has 0 aliphatic carbocycles. The molecule has 0 amide bonds. The first-order chi connectivity index (χ1) is 7.81. The van der Waals surface area contributed by atoms with Crippen LogP contribution in [0, 0.1) is 0 Å². The van der Waals surface area contributed by atoms with Gasteiger partial charge in [0.15, 0.2) is 0 Å². The minimum Gasteiger partial charge on any atom is -0.314 e. The van der Waals surface area contributed by atoms with Gasteiger partial charge in [-0.1, -0.05) is 18.5 Å². The topological polar surface area (TPSA) is 28.2 Å². The summed E-state index contributed by atoms with van der Waals surface area (Å²) in [5.74, 6) is 0. The van der Waals surface area contributed by atoms with E-state index in [4.69, 9.17) is 11.6 Å². The van der Waals surface area contributed by atoms with Gasteiger partial charge in [-0.15, -0.1) is 0 Å². The molecular formula is C12H18ClN3. The Bertz CT molecular complexity index is 339. The van der Waals surface area contributed by atoms with Crippen LogP contribution in [0.15, 0.2) is 18.5 Å². The van der Waals surface area contributed by atoms with Gasteiger partial charge in [0.25, 0.3) is 0 Å². The van der Waals surface area contributed by atoms with Crippen molar-refractivity contribution in [2.45, 2.75) is 25.9 Å². The van der Waals surface area contributed by atoms with E-state index < -0.39 is 0 Å². The van der Waals surface area contributed by atoms with Crippen molar-refractivity contribution in [2.75, 3.05) is 19.6 Å². The molecule has 0 unspecified atom stereocenters. The number of nitrogens with zero attached hydrogens (tertiary/aromatic N) is 2. The molecule has 2 rings (SSSR count). The number of halogens is 1. The third-order valence-corrected chi connectivity index (χ3v) is 3.36. The van der Waals surface area contributed by atoms with Gasteiger partial charge in [0.05, 0.1) is 5.02 Å². The fourth-order valence-electron chi connectivity index (χ4n) is 1.96. The fourth-order valence-corrected chi connectivity index (χ4v) is 2.14. The molecule has 1 saturated heterocycles. The summed E-state index contributed by atoms with van der Waals surface area (Å²) in [7, 11) is 0. The Kier molecular flexibility index (Phi) is 4.16. The van der Waals surface area contributed by atoms with Crippen LogP contribution in [0.3, 0.4) is 0 Å². The molecule has 2 heterocycles. The lowest BCUT2D eigenvalue weighted by molar-refractivity contribution is 0.138. The maximum absolute atomic E-state index is 6.13. The van der Waals surface area contributed by atoms with E-state index in [0.29, 0.717) is 6.04 Å². The van der Waals surface area contributed by atoms with E-state index in [1.807, 2.05) is 12.3 Å². The van der Waals surface area contributed by atoms with E-state index in [1.54, 1.807) is 6.20 Å². The number of aromatic nitrogens is 1. The lowest BCUT2D eigenvalue weighted by atomic mass is 10.1. The highest BCUT2D eigenvalue weighted by atomic mass is 35.5. The Morgan fingerprint density at radius 1 is 1.56 bits per heavy atom. The third kappa shape index (κ3) is 2.73. The lowest BCUT2D eigenvalue weighted by Crippen LogP contribution is -2.56. The molecule has 0 bridgehead atoms. The van der Waals surface area contributed by atoms with Crippen molar-refractivity contribution in [3.63, 3.8) is 0 Å². The van der Waals surface area contributed by atoms with Gasteiger partial charge in [-0.05, 0) is 24.6 Å². The maximum atomic E-state index is 6.13. The second kappa shape index (κ2) is 5.62. The second-order valence-electron chi connectivity index (χ2n) is 4.25. The lowest BCUT2D eigenvalue weighted by Gasteiger charge is -2.38. The van der Waals surface area contributed by atoms with Gasteiger partial charge in [-0.3, -0.25) is 9.88 Å². The molecule has 0 radical (unpaired) electrons. The van der Waals surface area contributed by atoms with Crippen molar-refractivity contribution in [1.29, 1.82) is 0 Å². The molecule has 0 atom stereocenters. The van der Waals surface area contributed by atoms with Gasteiger partial charge < -0.3 is 5.32 Å². The summed E-state index contributed by atoms with van der Waals surface area (Å²) < 4.78 is 0. The molecule has 4 heteroatoms. The third-order valence-electron chi connectivity index (χ3n) is 3.02. The van der Waals surface area contributed by atoms with Crippen LogP contribution in [-0.2, 0) is 6.54 Å². The highest BCUT2D eigenvalue weighted by Crippen LogP contribution is 2.18. The van der Waals surface area contributed by atoms with Crippen molar-refractivity contribution in [2.24, 2.45) is 0 Å². The maximum Gasteiger partial charge on any atom is 0.0634 e. The summed E-state index contributed by atoms with van der Waals surface area (Å²) in [5.41, 5.74) is 1.18. The Balaban J connectivity index is 2.01. The molecule has 1 aromatic heterocycles. The van der Waals surface area contributed by atoms with E-state index in [9.17, 15) is 0 Å². The minimum absolute atomic E-state index is 0.671. The van der Waals surface area contributed by atoms with Crippen LogP contribution in [0.1, 0.15) is 18.9 Å². The highest BCUT2D eigenvalue weighted by Gasteiger charge is 2.24. The number of nitrogens with one attached hydrogen (secondary N) is 1. The molecule has 3 nitrogen and oxygen atoms in total. The minimum atomic E-state index is 0.671. The second-order valence-corrected chi connectivity index (χ2v) is 4.66. The van der Waals surface area contributed by atoms with Crippen LogP contribution >= 0.6 is 11.6 Å². The zero-order chi connectivity index (χ0) is 11.4. The van der Waals surface area contributed by atoms with Crippen molar-refractivity contribution < 1.29 is 0 Å². The number of rotatable bonds is 5. The number of pyridine rings is 1. The summed E-state index contributed by atoms with van der Waals surface area (Å²) in [6, 6.07) is 2.68. The van der Waals surface area contributed by atoms with Gasteiger partial charge >= 0.3 is 0 Å². The van der Waals surface area contributed by atoms with E-state index in [2.05, 4.69) is 22.1 Å². The van der Waals surface area contributed by atoms with E-state index in [-0.39, 0.29) is 0 Å².